The highest BCUT2D eigenvalue weighted by Gasteiger charge is 2.28. The number of rotatable bonds is 2. The lowest BCUT2D eigenvalue weighted by molar-refractivity contribution is 0.323. The van der Waals surface area contributed by atoms with Crippen molar-refractivity contribution in [1.82, 2.24) is 15.1 Å². The van der Waals surface area contributed by atoms with Gasteiger partial charge in [0.05, 0.1) is 17.3 Å². The molecule has 1 fully saturated rings. The summed E-state index contributed by atoms with van der Waals surface area (Å²) in [5.74, 6) is 1.09. The number of aromatic hydroxyl groups is 1. The van der Waals surface area contributed by atoms with Crippen molar-refractivity contribution in [2.24, 2.45) is 0 Å². The first-order valence-electron chi connectivity index (χ1n) is 10.1. The van der Waals surface area contributed by atoms with E-state index in [1.165, 1.54) is 37.4 Å². The number of hydrogen-bond donors (Lipinski definition) is 1. The summed E-state index contributed by atoms with van der Waals surface area (Å²) in [6.07, 6.45) is 5.80. The predicted octanol–water partition coefficient (Wildman–Crippen LogP) is 3.27. The van der Waals surface area contributed by atoms with E-state index in [0.717, 1.165) is 37.3 Å². The van der Waals surface area contributed by atoms with Gasteiger partial charge in [0, 0.05) is 24.7 Å². The van der Waals surface area contributed by atoms with Crippen LogP contribution in [0.15, 0.2) is 18.2 Å². The van der Waals surface area contributed by atoms with E-state index in [2.05, 4.69) is 39.2 Å². The van der Waals surface area contributed by atoms with E-state index in [-0.39, 0.29) is 5.75 Å². The number of aromatic nitrogens is 2. The van der Waals surface area contributed by atoms with Crippen LogP contribution in [-0.4, -0.2) is 52.9 Å². The third kappa shape index (κ3) is 3.55. The van der Waals surface area contributed by atoms with Crippen LogP contribution in [0.3, 0.4) is 0 Å². The van der Waals surface area contributed by atoms with Gasteiger partial charge in [-0.05, 0) is 75.5 Å². The molecule has 0 radical (unpaired) electrons. The van der Waals surface area contributed by atoms with Crippen LogP contribution in [-0.2, 0) is 6.42 Å². The lowest BCUT2D eigenvalue weighted by Crippen LogP contribution is -2.45. The second-order valence-electron chi connectivity index (χ2n) is 8.09. The second-order valence-corrected chi connectivity index (χ2v) is 8.09. The van der Waals surface area contributed by atoms with Crippen molar-refractivity contribution in [3.8, 4) is 23.1 Å². The molecule has 146 valence electrons. The summed E-state index contributed by atoms with van der Waals surface area (Å²) in [6, 6.07) is 7.92. The smallest absolute Gasteiger partial charge is 0.154 e. The number of nitriles is 1. The van der Waals surface area contributed by atoms with Crippen molar-refractivity contribution in [2.45, 2.75) is 45.1 Å². The van der Waals surface area contributed by atoms with Gasteiger partial charge >= 0.3 is 0 Å². The van der Waals surface area contributed by atoms with Crippen molar-refractivity contribution in [3.05, 3.63) is 34.9 Å². The number of aryl methyl sites for hydroxylation is 2. The number of anilines is 1. The Kier molecular flexibility index (Phi) is 5.19. The van der Waals surface area contributed by atoms with Gasteiger partial charge in [-0.3, -0.25) is 0 Å². The fourth-order valence-electron chi connectivity index (χ4n) is 4.60. The Hall–Kier alpha value is -2.65. The largest absolute Gasteiger partial charge is 0.507 e. The van der Waals surface area contributed by atoms with E-state index in [1.54, 1.807) is 6.07 Å². The van der Waals surface area contributed by atoms with Crippen molar-refractivity contribution in [1.29, 1.82) is 5.26 Å². The molecule has 1 atom stereocenters. The van der Waals surface area contributed by atoms with Gasteiger partial charge in [0.2, 0.25) is 0 Å². The molecule has 4 rings (SSSR count). The minimum absolute atomic E-state index is 0.0869. The fraction of sp³-hybridized carbons (Fsp3) is 0.500. The van der Waals surface area contributed by atoms with Gasteiger partial charge in [0.15, 0.2) is 5.82 Å². The molecule has 1 aromatic heterocycles. The molecule has 1 saturated heterocycles. The maximum absolute atomic E-state index is 10.4. The lowest BCUT2D eigenvalue weighted by atomic mass is 9.97. The third-order valence-electron chi connectivity index (χ3n) is 5.96. The highest BCUT2D eigenvalue weighted by atomic mass is 16.3. The summed E-state index contributed by atoms with van der Waals surface area (Å²) in [6.45, 7) is 5.16. The van der Waals surface area contributed by atoms with Gasteiger partial charge in [0.1, 0.15) is 5.75 Å². The van der Waals surface area contributed by atoms with Gasteiger partial charge in [0.25, 0.3) is 0 Å². The Morgan fingerprint density at radius 1 is 1.14 bits per heavy atom. The molecule has 0 unspecified atom stereocenters. The predicted molar refractivity (Wildman–Crippen MR) is 109 cm³/mol. The van der Waals surface area contributed by atoms with E-state index < -0.39 is 0 Å². The standard InChI is InChI=1S/C22H27N5O/c1-15-10-16(13-23)11-20(28)21(15)19-12-17-6-5-9-27(22(17)25-24-19)18-7-3-4-8-26(2)14-18/h10-12,18,28H,3-9,14H2,1-2H3/t18-/m0/s1. The molecule has 1 aromatic carbocycles. The van der Waals surface area contributed by atoms with E-state index in [0.29, 0.717) is 22.9 Å². The van der Waals surface area contributed by atoms with Crippen molar-refractivity contribution < 1.29 is 5.11 Å². The highest BCUT2D eigenvalue weighted by Crippen LogP contribution is 2.36. The van der Waals surface area contributed by atoms with Gasteiger partial charge in [-0.15, -0.1) is 10.2 Å². The lowest BCUT2D eigenvalue weighted by Gasteiger charge is -2.37. The fourth-order valence-corrected chi connectivity index (χ4v) is 4.60. The Morgan fingerprint density at radius 3 is 2.79 bits per heavy atom. The number of phenols is 1. The molecule has 28 heavy (non-hydrogen) atoms. The summed E-state index contributed by atoms with van der Waals surface area (Å²) in [4.78, 5) is 4.87. The summed E-state index contributed by atoms with van der Waals surface area (Å²) in [7, 11) is 2.20. The number of likely N-dealkylation sites (N-methyl/N-ethyl adjacent to an activating group) is 1. The number of hydrogen-bond acceptors (Lipinski definition) is 6. The number of nitrogens with zero attached hydrogens (tertiary/aromatic N) is 5. The Balaban J connectivity index is 1.68. The molecule has 2 aliphatic rings. The van der Waals surface area contributed by atoms with Crippen LogP contribution < -0.4 is 4.90 Å². The maximum Gasteiger partial charge on any atom is 0.154 e. The summed E-state index contributed by atoms with van der Waals surface area (Å²) in [5, 5.41) is 28.6. The maximum atomic E-state index is 10.4. The molecule has 0 aliphatic carbocycles. The zero-order valence-electron chi connectivity index (χ0n) is 16.6. The van der Waals surface area contributed by atoms with Gasteiger partial charge in [-0.1, -0.05) is 6.42 Å². The molecule has 6 heteroatoms. The van der Waals surface area contributed by atoms with Crippen LogP contribution in [0.5, 0.6) is 5.75 Å². The van der Waals surface area contributed by atoms with Crippen molar-refractivity contribution in [3.63, 3.8) is 0 Å². The monoisotopic (exact) mass is 377 g/mol. The van der Waals surface area contributed by atoms with Crippen LogP contribution in [0.2, 0.25) is 0 Å². The number of fused-ring (bicyclic) bond motifs is 1. The molecule has 1 N–H and O–H groups in total. The zero-order chi connectivity index (χ0) is 19.7. The number of phenolic OH excluding ortho intramolecular Hbond substituents is 1. The molecule has 6 nitrogen and oxygen atoms in total. The molecular formula is C22H27N5O. The summed E-state index contributed by atoms with van der Waals surface area (Å²) < 4.78 is 0. The normalized spacial score (nSPS) is 20.3. The first-order valence-corrected chi connectivity index (χ1v) is 10.1. The Morgan fingerprint density at radius 2 is 2.00 bits per heavy atom. The summed E-state index contributed by atoms with van der Waals surface area (Å²) in [5.41, 5.74) is 3.84. The molecule has 3 heterocycles. The van der Waals surface area contributed by atoms with E-state index in [1.807, 2.05) is 6.92 Å². The van der Waals surface area contributed by atoms with Gasteiger partial charge in [-0.2, -0.15) is 5.26 Å². The first kappa shape index (κ1) is 18.7. The molecule has 0 saturated carbocycles. The van der Waals surface area contributed by atoms with Gasteiger partial charge in [-0.25, -0.2) is 0 Å². The number of benzene rings is 1. The number of likely N-dealkylation sites (tertiary alicyclic amines) is 1. The van der Waals surface area contributed by atoms with E-state index in [9.17, 15) is 5.11 Å². The first-order chi connectivity index (χ1) is 13.6. The van der Waals surface area contributed by atoms with Crippen molar-refractivity contribution in [2.75, 3.05) is 31.6 Å². The van der Waals surface area contributed by atoms with Crippen LogP contribution in [0, 0.1) is 18.3 Å². The minimum atomic E-state index is 0.0869. The minimum Gasteiger partial charge on any atom is -0.507 e. The summed E-state index contributed by atoms with van der Waals surface area (Å²) >= 11 is 0. The Labute approximate surface area is 166 Å². The van der Waals surface area contributed by atoms with E-state index >= 15 is 0 Å². The van der Waals surface area contributed by atoms with Crippen LogP contribution in [0.25, 0.3) is 11.3 Å². The average molecular weight is 377 g/mol. The van der Waals surface area contributed by atoms with Crippen molar-refractivity contribution >= 4 is 5.82 Å². The second kappa shape index (κ2) is 7.76. The molecular weight excluding hydrogens is 350 g/mol. The average Bonchev–Trinajstić information content (AvgIpc) is 2.91. The SMILES string of the molecule is Cc1cc(C#N)cc(O)c1-c1cc2c(nn1)N([C@H]1CCCCN(C)C1)CCC2. The zero-order valence-corrected chi connectivity index (χ0v) is 16.6. The Bertz CT molecular complexity index is 897. The third-order valence-corrected chi connectivity index (χ3v) is 5.96. The molecule has 2 aliphatic heterocycles. The van der Waals surface area contributed by atoms with Gasteiger partial charge < -0.3 is 14.9 Å². The van der Waals surface area contributed by atoms with Crippen LogP contribution in [0.4, 0.5) is 5.82 Å². The van der Waals surface area contributed by atoms with E-state index in [4.69, 9.17) is 5.26 Å². The molecule has 2 aromatic rings. The van der Waals surface area contributed by atoms with Crippen LogP contribution >= 0.6 is 0 Å². The topological polar surface area (TPSA) is 76.3 Å². The molecule has 0 spiro atoms. The van der Waals surface area contributed by atoms with Crippen LogP contribution in [0.1, 0.15) is 42.4 Å². The molecule has 0 bridgehead atoms. The quantitative estimate of drug-likeness (QED) is 0.866. The molecule has 0 amide bonds. The highest BCUT2D eigenvalue weighted by molar-refractivity contribution is 5.73.